The van der Waals surface area contributed by atoms with Crippen molar-refractivity contribution in [3.63, 3.8) is 0 Å². The van der Waals surface area contributed by atoms with E-state index in [0.717, 1.165) is 16.8 Å². The summed E-state index contributed by atoms with van der Waals surface area (Å²) in [5.74, 6) is 0.967. The Morgan fingerprint density at radius 1 is 1.24 bits per heavy atom. The maximum atomic E-state index is 12.5. The molecule has 0 aliphatic carbocycles. The van der Waals surface area contributed by atoms with Gasteiger partial charge in [0.25, 0.3) is 5.56 Å². The van der Waals surface area contributed by atoms with Crippen LogP contribution in [-0.2, 0) is 31.1 Å². The Bertz CT molecular complexity index is 857. The summed E-state index contributed by atoms with van der Waals surface area (Å²) >= 11 is 0. The molecule has 2 aromatic rings. The summed E-state index contributed by atoms with van der Waals surface area (Å²) in [7, 11) is 1.73. The summed E-state index contributed by atoms with van der Waals surface area (Å²) in [6.07, 6.45) is 2.00. The van der Waals surface area contributed by atoms with Gasteiger partial charge in [0.1, 0.15) is 11.6 Å². The van der Waals surface area contributed by atoms with Crippen LogP contribution >= 0.6 is 0 Å². The highest BCUT2D eigenvalue weighted by molar-refractivity contribution is 5.76. The zero-order chi connectivity index (χ0) is 18.0. The second-order valence-electron chi connectivity index (χ2n) is 6.46. The third-order valence-electron chi connectivity index (χ3n) is 4.90. The van der Waals surface area contributed by atoms with Crippen molar-refractivity contribution in [2.45, 2.75) is 32.6 Å². The van der Waals surface area contributed by atoms with Crippen LogP contribution in [0, 0.1) is 6.92 Å². The van der Waals surface area contributed by atoms with Crippen molar-refractivity contribution in [3.8, 4) is 5.75 Å². The number of carbonyl (C=O) groups is 1. The molecular formula is C19H23N3O3. The molecule has 6 nitrogen and oxygen atoms in total. The molecule has 1 N–H and O–H groups in total. The average Bonchev–Trinajstić information content (AvgIpc) is 2.81. The molecule has 0 saturated carbocycles. The number of carbonyl (C=O) groups excluding carboxylic acids is 1. The quantitative estimate of drug-likeness (QED) is 0.914. The van der Waals surface area contributed by atoms with Crippen molar-refractivity contribution >= 4 is 5.91 Å². The van der Waals surface area contributed by atoms with E-state index in [-0.39, 0.29) is 17.2 Å². The van der Waals surface area contributed by atoms with E-state index in [9.17, 15) is 14.7 Å². The highest BCUT2D eigenvalue weighted by atomic mass is 16.3. The molecule has 0 atom stereocenters. The van der Waals surface area contributed by atoms with Crippen molar-refractivity contribution in [1.82, 2.24) is 14.5 Å². The first-order chi connectivity index (χ1) is 12.0. The van der Waals surface area contributed by atoms with E-state index in [4.69, 9.17) is 0 Å². The van der Waals surface area contributed by atoms with Crippen LogP contribution in [0.15, 0.2) is 29.1 Å². The molecule has 1 aromatic heterocycles. The number of rotatable bonds is 3. The van der Waals surface area contributed by atoms with Gasteiger partial charge in [0, 0.05) is 38.5 Å². The number of benzene rings is 1. The normalized spacial score (nSPS) is 14.1. The molecule has 0 bridgehead atoms. The van der Waals surface area contributed by atoms with Crippen molar-refractivity contribution in [2.75, 3.05) is 13.1 Å². The van der Waals surface area contributed by atoms with Gasteiger partial charge >= 0.3 is 0 Å². The number of aromatic hydroxyl groups is 1. The molecule has 132 valence electrons. The molecular weight excluding hydrogens is 318 g/mol. The van der Waals surface area contributed by atoms with Crippen molar-refractivity contribution in [3.05, 3.63) is 57.3 Å². The van der Waals surface area contributed by atoms with Crippen LogP contribution < -0.4 is 5.56 Å². The SMILES string of the molecule is Cc1nc2c(c(=O)n1C)CCN(C(=O)CCc1ccccc1O)CC2. The van der Waals surface area contributed by atoms with Gasteiger partial charge in [-0.1, -0.05) is 18.2 Å². The minimum atomic E-state index is -0.00833. The lowest BCUT2D eigenvalue weighted by molar-refractivity contribution is -0.131. The fourth-order valence-corrected chi connectivity index (χ4v) is 3.24. The third-order valence-corrected chi connectivity index (χ3v) is 4.90. The Morgan fingerprint density at radius 2 is 1.96 bits per heavy atom. The number of hydrogen-bond acceptors (Lipinski definition) is 4. The number of phenolic OH excluding ortho intramolecular Hbond substituents is 1. The number of aryl methyl sites for hydroxylation is 2. The molecule has 0 fully saturated rings. The minimum absolute atomic E-state index is 0.00833. The van der Waals surface area contributed by atoms with Crippen molar-refractivity contribution < 1.29 is 9.90 Å². The predicted molar refractivity (Wildman–Crippen MR) is 94.6 cm³/mol. The maximum Gasteiger partial charge on any atom is 0.256 e. The molecule has 2 heterocycles. The number of hydrogen-bond donors (Lipinski definition) is 1. The van der Waals surface area contributed by atoms with E-state index in [1.54, 1.807) is 28.6 Å². The van der Waals surface area contributed by atoms with E-state index >= 15 is 0 Å². The maximum absolute atomic E-state index is 12.5. The topological polar surface area (TPSA) is 75.4 Å². The fraction of sp³-hybridized carbons (Fsp3) is 0.421. The van der Waals surface area contributed by atoms with E-state index < -0.39 is 0 Å². The van der Waals surface area contributed by atoms with E-state index in [1.165, 1.54) is 0 Å². The number of nitrogens with zero attached hydrogens (tertiary/aromatic N) is 3. The smallest absolute Gasteiger partial charge is 0.256 e. The fourth-order valence-electron chi connectivity index (χ4n) is 3.24. The van der Waals surface area contributed by atoms with Crippen LogP contribution in [0.4, 0.5) is 0 Å². The molecule has 0 radical (unpaired) electrons. The summed E-state index contributed by atoms with van der Waals surface area (Å²) in [6.45, 7) is 2.93. The standard InChI is InChI=1S/C19H23N3O3/c1-13-20-16-10-12-22(11-9-15(16)19(25)21(13)2)18(24)8-7-14-5-3-4-6-17(14)23/h3-6,23H,7-12H2,1-2H3. The van der Waals surface area contributed by atoms with Crippen molar-refractivity contribution in [1.29, 1.82) is 0 Å². The van der Waals surface area contributed by atoms with Crippen LogP contribution in [0.25, 0.3) is 0 Å². The average molecular weight is 341 g/mol. The summed E-state index contributed by atoms with van der Waals surface area (Å²) in [6, 6.07) is 7.08. The van der Waals surface area contributed by atoms with Gasteiger partial charge in [0.2, 0.25) is 5.91 Å². The molecule has 0 saturated heterocycles. The lowest BCUT2D eigenvalue weighted by Gasteiger charge is -2.20. The Labute approximate surface area is 146 Å². The number of amides is 1. The second kappa shape index (κ2) is 7.09. The molecule has 25 heavy (non-hydrogen) atoms. The zero-order valence-electron chi connectivity index (χ0n) is 14.7. The molecule has 0 spiro atoms. The van der Waals surface area contributed by atoms with E-state index in [2.05, 4.69) is 4.98 Å². The highest BCUT2D eigenvalue weighted by Gasteiger charge is 2.22. The van der Waals surface area contributed by atoms with E-state index in [1.807, 2.05) is 19.1 Å². The van der Waals surface area contributed by atoms with Crippen LogP contribution in [0.1, 0.15) is 29.1 Å². The lowest BCUT2D eigenvalue weighted by Crippen LogP contribution is -2.33. The van der Waals surface area contributed by atoms with Crippen LogP contribution in [0.3, 0.4) is 0 Å². The summed E-state index contributed by atoms with van der Waals surface area (Å²) < 4.78 is 1.56. The molecule has 1 aliphatic heterocycles. The summed E-state index contributed by atoms with van der Waals surface area (Å²) in [4.78, 5) is 31.3. The Morgan fingerprint density at radius 3 is 2.72 bits per heavy atom. The number of aromatic nitrogens is 2. The Hall–Kier alpha value is -2.63. The largest absolute Gasteiger partial charge is 0.508 e. The number of phenols is 1. The molecule has 3 rings (SSSR count). The molecule has 1 aliphatic rings. The summed E-state index contributed by atoms with van der Waals surface area (Å²) in [5, 5.41) is 9.81. The Balaban J connectivity index is 1.67. The number of fused-ring (bicyclic) bond motifs is 1. The molecule has 1 aromatic carbocycles. The number of para-hydroxylation sites is 1. The lowest BCUT2D eigenvalue weighted by atomic mass is 10.1. The molecule has 1 amide bonds. The highest BCUT2D eigenvalue weighted by Crippen LogP contribution is 2.18. The van der Waals surface area contributed by atoms with Gasteiger partial charge in [0.05, 0.1) is 5.69 Å². The van der Waals surface area contributed by atoms with Gasteiger partial charge < -0.3 is 10.0 Å². The molecule has 6 heteroatoms. The van der Waals surface area contributed by atoms with Crippen LogP contribution in [-0.4, -0.2) is 38.6 Å². The van der Waals surface area contributed by atoms with Gasteiger partial charge in [-0.15, -0.1) is 0 Å². The Kier molecular flexibility index (Phi) is 4.88. The first-order valence-electron chi connectivity index (χ1n) is 8.57. The minimum Gasteiger partial charge on any atom is -0.508 e. The van der Waals surface area contributed by atoms with E-state index in [0.29, 0.717) is 44.6 Å². The molecule has 0 unspecified atom stereocenters. The predicted octanol–water partition coefficient (Wildman–Crippen LogP) is 1.35. The van der Waals surface area contributed by atoms with Gasteiger partial charge in [0.15, 0.2) is 0 Å². The third kappa shape index (κ3) is 3.57. The van der Waals surface area contributed by atoms with Gasteiger partial charge in [-0.2, -0.15) is 0 Å². The monoisotopic (exact) mass is 341 g/mol. The first kappa shape index (κ1) is 17.2. The van der Waals surface area contributed by atoms with Gasteiger partial charge in [-0.3, -0.25) is 14.2 Å². The summed E-state index contributed by atoms with van der Waals surface area (Å²) in [5.41, 5.74) is 2.31. The van der Waals surface area contributed by atoms with Gasteiger partial charge in [-0.05, 0) is 31.4 Å². The van der Waals surface area contributed by atoms with Gasteiger partial charge in [-0.25, -0.2) is 4.98 Å². The zero-order valence-corrected chi connectivity index (χ0v) is 14.7. The van der Waals surface area contributed by atoms with Crippen molar-refractivity contribution in [2.24, 2.45) is 7.05 Å². The first-order valence-corrected chi connectivity index (χ1v) is 8.57. The second-order valence-corrected chi connectivity index (χ2v) is 6.46. The van der Waals surface area contributed by atoms with Crippen LogP contribution in [0.5, 0.6) is 5.75 Å². The van der Waals surface area contributed by atoms with Crippen LogP contribution in [0.2, 0.25) is 0 Å².